The molecule has 25 heavy (non-hydrogen) atoms. The van der Waals surface area contributed by atoms with Gasteiger partial charge in [0.1, 0.15) is 11.7 Å². The molecule has 0 aromatic heterocycles. The number of carbonyl (C=O) groups excluding carboxylic acids is 2. The van der Waals surface area contributed by atoms with E-state index in [0.29, 0.717) is 12.2 Å². The second-order valence-corrected chi connectivity index (χ2v) is 5.49. The van der Waals surface area contributed by atoms with Gasteiger partial charge >= 0.3 is 23.9 Å². The predicted molar refractivity (Wildman–Crippen MR) is 77.4 cm³/mol. The molecule has 2 fully saturated rings. The monoisotopic (exact) mass is 356 g/mol. The summed E-state index contributed by atoms with van der Waals surface area (Å²) in [7, 11) is 0. The zero-order valence-corrected chi connectivity index (χ0v) is 13.1. The van der Waals surface area contributed by atoms with E-state index in [1.165, 1.54) is 0 Å². The van der Waals surface area contributed by atoms with Gasteiger partial charge in [-0.15, -0.1) is 0 Å². The summed E-state index contributed by atoms with van der Waals surface area (Å²) in [6.45, 7) is 1.57. The van der Waals surface area contributed by atoms with Crippen LogP contribution in [0.2, 0.25) is 0 Å². The molecule has 2 rings (SSSR count). The van der Waals surface area contributed by atoms with Crippen molar-refractivity contribution in [1.29, 1.82) is 0 Å². The van der Waals surface area contributed by atoms with Gasteiger partial charge in [0.05, 0.1) is 13.2 Å². The molecule has 2 aliphatic rings. The Morgan fingerprint density at radius 1 is 0.960 bits per heavy atom. The maximum Gasteiger partial charge on any atom is 0.331 e. The minimum absolute atomic E-state index is 0.0210. The highest BCUT2D eigenvalue weighted by molar-refractivity contribution is 5.91. The summed E-state index contributed by atoms with van der Waals surface area (Å²) in [5.41, 5.74) is -1.08. The molecule has 0 bridgehead atoms. The Morgan fingerprint density at radius 2 is 1.52 bits per heavy atom. The molecule has 2 heterocycles. The largest absolute Gasteiger partial charge is 0.478 e. The highest BCUT2D eigenvalue weighted by Gasteiger charge is 2.60. The van der Waals surface area contributed by atoms with Gasteiger partial charge in [0.2, 0.25) is 0 Å². The Kier molecular flexibility index (Phi) is 5.55. The van der Waals surface area contributed by atoms with E-state index in [-0.39, 0.29) is 13.2 Å². The molecule has 2 aliphatic heterocycles. The molecule has 0 saturated carbocycles. The van der Waals surface area contributed by atoms with Gasteiger partial charge in [-0.3, -0.25) is 0 Å². The number of hydrogen-bond acceptors (Lipinski definition) is 8. The molecule has 0 unspecified atom stereocenters. The predicted octanol–water partition coefficient (Wildman–Crippen LogP) is -0.721. The first-order valence-electron chi connectivity index (χ1n) is 7.21. The number of aliphatic carboxylic acids is 2. The van der Waals surface area contributed by atoms with Gasteiger partial charge in [-0.2, -0.15) is 0 Å². The second kappa shape index (κ2) is 7.45. The van der Waals surface area contributed by atoms with Crippen LogP contribution in [-0.4, -0.2) is 71.2 Å². The second-order valence-electron chi connectivity index (χ2n) is 5.49. The highest BCUT2D eigenvalue weighted by atomic mass is 16.7. The molecule has 10 nitrogen and oxygen atoms in total. The Balaban J connectivity index is 1.97. The number of rotatable bonds is 6. The molecule has 4 atom stereocenters. The Bertz CT molecular complexity index is 636. The van der Waals surface area contributed by atoms with Crippen LogP contribution in [0.15, 0.2) is 24.3 Å². The fourth-order valence-corrected chi connectivity index (χ4v) is 2.60. The van der Waals surface area contributed by atoms with Crippen LogP contribution < -0.4 is 0 Å². The summed E-state index contributed by atoms with van der Waals surface area (Å²) in [6.07, 6.45) is 0.495. The minimum Gasteiger partial charge on any atom is -0.478 e. The van der Waals surface area contributed by atoms with Crippen LogP contribution in [-0.2, 0) is 38.1 Å². The van der Waals surface area contributed by atoms with Crippen molar-refractivity contribution in [3.8, 4) is 0 Å². The van der Waals surface area contributed by atoms with Crippen LogP contribution in [0, 0.1) is 0 Å². The lowest BCUT2D eigenvalue weighted by Gasteiger charge is -2.27. The first-order chi connectivity index (χ1) is 11.7. The van der Waals surface area contributed by atoms with E-state index in [0.717, 1.165) is 12.2 Å². The Morgan fingerprint density at radius 3 is 2.08 bits per heavy atom. The molecule has 136 valence electrons. The topological polar surface area (TPSA) is 146 Å². The van der Waals surface area contributed by atoms with E-state index in [2.05, 4.69) is 0 Å². The summed E-state index contributed by atoms with van der Waals surface area (Å²) in [5.74, 6) is -4.31. The third kappa shape index (κ3) is 4.43. The van der Waals surface area contributed by atoms with E-state index in [1.54, 1.807) is 6.92 Å². The number of hydrogen-bond donors (Lipinski definition) is 2. The van der Waals surface area contributed by atoms with Crippen LogP contribution >= 0.6 is 0 Å². The molecule has 2 saturated heterocycles. The lowest BCUT2D eigenvalue weighted by atomic mass is 9.94. The number of carbonyl (C=O) groups is 4. The minimum atomic E-state index is -1.29. The maximum atomic E-state index is 11.6. The van der Waals surface area contributed by atoms with Gasteiger partial charge in [-0.05, 0) is 6.92 Å². The fourth-order valence-electron chi connectivity index (χ4n) is 2.60. The molecular weight excluding hydrogens is 340 g/mol. The van der Waals surface area contributed by atoms with Gasteiger partial charge < -0.3 is 29.2 Å². The quantitative estimate of drug-likeness (QED) is 0.462. The fraction of sp³-hybridized carbons (Fsp3) is 0.467. The summed E-state index contributed by atoms with van der Waals surface area (Å²) in [6, 6.07) is 0. The molecule has 10 heteroatoms. The first-order valence-corrected chi connectivity index (χ1v) is 7.21. The lowest BCUT2D eigenvalue weighted by molar-refractivity contribution is -0.155. The van der Waals surface area contributed by atoms with Crippen molar-refractivity contribution in [3.05, 3.63) is 24.3 Å². The summed E-state index contributed by atoms with van der Waals surface area (Å²) in [5, 5.41) is 17.0. The third-order valence-electron chi connectivity index (χ3n) is 3.78. The molecule has 0 radical (unpaired) electrons. The van der Waals surface area contributed by atoms with Crippen LogP contribution in [0.3, 0.4) is 0 Å². The van der Waals surface area contributed by atoms with Crippen molar-refractivity contribution in [2.24, 2.45) is 0 Å². The number of carboxylic acid groups (broad SMARTS) is 2. The summed E-state index contributed by atoms with van der Waals surface area (Å²) < 4.78 is 21.3. The average molecular weight is 356 g/mol. The van der Waals surface area contributed by atoms with Crippen LogP contribution in [0.25, 0.3) is 0 Å². The van der Waals surface area contributed by atoms with E-state index < -0.39 is 47.8 Å². The zero-order valence-electron chi connectivity index (χ0n) is 13.1. The first kappa shape index (κ1) is 18.6. The van der Waals surface area contributed by atoms with Gasteiger partial charge in [0.25, 0.3) is 0 Å². The molecule has 0 amide bonds. The number of carboxylic acids is 2. The molecule has 2 N–H and O–H groups in total. The Labute approximate surface area is 141 Å². The molecule has 0 spiro atoms. The molecule has 0 aromatic rings. The normalized spacial score (nSPS) is 31.2. The van der Waals surface area contributed by atoms with Crippen molar-refractivity contribution in [2.45, 2.75) is 30.8 Å². The maximum absolute atomic E-state index is 11.6. The van der Waals surface area contributed by atoms with Crippen LogP contribution in [0.5, 0.6) is 0 Å². The third-order valence-corrected chi connectivity index (χ3v) is 3.78. The standard InChI is InChI=1S/C15H16O10/c1-15-9(25-13(21)5-3-11(18)19)7-22-14(15)8(6-23-15)24-12(20)4-2-10(16)17/h2-5,8-9,14H,6-7H2,1H3,(H,16,17)(H,18,19)/b4-2+,5-3+/t8-,9-,14+,15+/m0/s1. The average Bonchev–Trinajstić information content (AvgIpc) is 3.00. The van der Waals surface area contributed by atoms with E-state index in [4.69, 9.17) is 29.2 Å². The van der Waals surface area contributed by atoms with Crippen molar-refractivity contribution >= 4 is 23.9 Å². The zero-order chi connectivity index (χ0) is 18.6. The van der Waals surface area contributed by atoms with Crippen molar-refractivity contribution in [2.75, 3.05) is 13.2 Å². The SMILES string of the molecule is C[C@]12OC[C@H](OC(=O)/C=C/C(=O)O)[C@H]1OC[C@@H]2OC(=O)/C=C/C(=O)O. The van der Waals surface area contributed by atoms with Gasteiger partial charge in [-0.25, -0.2) is 19.2 Å². The van der Waals surface area contributed by atoms with E-state index in [9.17, 15) is 19.2 Å². The van der Waals surface area contributed by atoms with E-state index in [1.807, 2.05) is 0 Å². The van der Waals surface area contributed by atoms with Gasteiger partial charge in [0.15, 0.2) is 12.2 Å². The van der Waals surface area contributed by atoms with Crippen LogP contribution in [0.1, 0.15) is 6.92 Å². The van der Waals surface area contributed by atoms with Crippen molar-refractivity contribution in [3.63, 3.8) is 0 Å². The van der Waals surface area contributed by atoms with E-state index >= 15 is 0 Å². The smallest absolute Gasteiger partial charge is 0.331 e. The highest BCUT2D eigenvalue weighted by Crippen LogP contribution is 2.40. The van der Waals surface area contributed by atoms with Crippen LogP contribution in [0.4, 0.5) is 0 Å². The van der Waals surface area contributed by atoms with Gasteiger partial charge in [-0.1, -0.05) is 0 Å². The van der Waals surface area contributed by atoms with Gasteiger partial charge in [0, 0.05) is 24.3 Å². The Hall–Kier alpha value is -2.72. The summed E-state index contributed by atoms with van der Waals surface area (Å²) >= 11 is 0. The molecule has 0 aromatic carbocycles. The number of ether oxygens (including phenoxy) is 4. The number of esters is 2. The molecule has 0 aliphatic carbocycles. The number of fused-ring (bicyclic) bond motifs is 1. The van der Waals surface area contributed by atoms with Crippen molar-refractivity contribution in [1.82, 2.24) is 0 Å². The molecular formula is C15H16O10. The lowest BCUT2D eigenvalue weighted by Crippen LogP contribution is -2.46. The van der Waals surface area contributed by atoms with Crippen molar-refractivity contribution < 1.29 is 48.3 Å². The summed E-state index contributed by atoms with van der Waals surface area (Å²) in [4.78, 5) is 44.0.